The smallest absolute Gasteiger partial charge is 0.265 e. The Labute approximate surface area is 165 Å². The van der Waals surface area contributed by atoms with Gasteiger partial charge in [-0.1, -0.05) is 19.1 Å². The van der Waals surface area contributed by atoms with E-state index in [2.05, 4.69) is 15.6 Å². The van der Waals surface area contributed by atoms with E-state index in [-0.39, 0.29) is 24.5 Å². The molecular weight excluding hydrogens is 358 g/mol. The summed E-state index contributed by atoms with van der Waals surface area (Å²) in [5.74, 6) is 1.65. The third-order valence-electron chi connectivity index (χ3n) is 5.07. The zero-order valence-corrected chi connectivity index (χ0v) is 16.6. The molecule has 152 valence electrons. The predicted octanol–water partition coefficient (Wildman–Crippen LogP) is 0.978. The minimum absolute atomic E-state index is 0.0205. The third-order valence-corrected chi connectivity index (χ3v) is 5.07. The Bertz CT molecular complexity index is 736. The van der Waals surface area contributed by atoms with Crippen molar-refractivity contribution in [1.82, 2.24) is 15.5 Å². The number of anilines is 1. The van der Waals surface area contributed by atoms with Crippen molar-refractivity contribution >= 4 is 23.5 Å². The molecule has 28 heavy (non-hydrogen) atoms. The lowest BCUT2D eigenvalue weighted by atomic mass is 10.2. The molecular formula is C20H29N5O3. The second kappa shape index (κ2) is 9.43. The van der Waals surface area contributed by atoms with Crippen LogP contribution in [0.4, 0.5) is 5.69 Å². The minimum Gasteiger partial charge on any atom is -0.482 e. The van der Waals surface area contributed by atoms with Crippen LogP contribution in [-0.2, 0) is 9.59 Å². The Kier molecular flexibility index (Phi) is 6.73. The van der Waals surface area contributed by atoms with Crippen LogP contribution in [0.25, 0.3) is 0 Å². The molecule has 0 aromatic heterocycles. The fourth-order valence-electron chi connectivity index (χ4n) is 3.56. The van der Waals surface area contributed by atoms with Crippen molar-refractivity contribution in [3.05, 3.63) is 24.3 Å². The highest BCUT2D eigenvalue weighted by Crippen LogP contribution is 2.31. The first kappa shape index (κ1) is 20.0. The number of hydrogen-bond acceptors (Lipinski definition) is 4. The summed E-state index contributed by atoms with van der Waals surface area (Å²) in [6.07, 6.45) is 2.25. The summed E-state index contributed by atoms with van der Waals surface area (Å²) >= 11 is 0. The number of carbonyl (C=O) groups excluding carboxylic acids is 2. The van der Waals surface area contributed by atoms with Gasteiger partial charge in [-0.2, -0.15) is 0 Å². The van der Waals surface area contributed by atoms with E-state index in [0.717, 1.165) is 36.8 Å². The first-order chi connectivity index (χ1) is 13.6. The van der Waals surface area contributed by atoms with Gasteiger partial charge in [0, 0.05) is 45.7 Å². The number of guanidine groups is 1. The molecule has 0 saturated carbocycles. The molecule has 0 bridgehead atoms. The number of fused-ring (bicyclic) bond motifs is 1. The van der Waals surface area contributed by atoms with Crippen LogP contribution in [0.3, 0.4) is 0 Å². The summed E-state index contributed by atoms with van der Waals surface area (Å²) in [5, 5.41) is 6.68. The number of likely N-dealkylation sites (tertiary alicyclic amines) is 1. The fourth-order valence-corrected chi connectivity index (χ4v) is 3.56. The molecule has 0 radical (unpaired) electrons. The lowest BCUT2D eigenvalue weighted by Gasteiger charge is -2.29. The number of ether oxygens (including phenoxy) is 1. The van der Waals surface area contributed by atoms with E-state index in [4.69, 9.17) is 4.74 Å². The van der Waals surface area contributed by atoms with Gasteiger partial charge in [-0.15, -0.1) is 0 Å². The lowest BCUT2D eigenvalue weighted by molar-refractivity contribution is -0.129. The molecule has 1 saturated heterocycles. The van der Waals surface area contributed by atoms with Gasteiger partial charge in [0.05, 0.1) is 5.69 Å². The van der Waals surface area contributed by atoms with E-state index in [1.807, 2.05) is 36.1 Å². The van der Waals surface area contributed by atoms with Crippen LogP contribution in [0.5, 0.6) is 5.75 Å². The maximum atomic E-state index is 12.2. The van der Waals surface area contributed by atoms with Crippen molar-refractivity contribution in [1.29, 1.82) is 0 Å². The first-order valence-electron chi connectivity index (χ1n) is 9.89. The number of hydrogen-bond donors (Lipinski definition) is 2. The fraction of sp³-hybridized carbons (Fsp3) is 0.550. The number of carbonyl (C=O) groups is 2. The van der Waals surface area contributed by atoms with Crippen LogP contribution in [0.15, 0.2) is 29.3 Å². The number of benzene rings is 1. The summed E-state index contributed by atoms with van der Waals surface area (Å²) in [4.78, 5) is 31.9. The van der Waals surface area contributed by atoms with Gasteiger partial charge >= 0.3 is 0 Å². The monoisotopic (exact) mass is 387 g/mol. The Morgan fingerprint density at radius 1 is 1.36 bits per heavy atom. The van der Waals surface area contributed by atoms with Crippen molar-refractivity contribution in [2.75, 3.05) is 44.7 Å². The zero-order valence-electron chi connectivity index (χ0n) is 16.6. The zero-order chi connectivity index (χ0) is 19.9. The Morgan fingerprint density at radius 2 is 2.18 bits per heavy atom. The number of amides is 2. The van der Waals surface area contributed by atoms with Gasteiger partial charge in [0.15, 0.2) is 12.6 Å². The molecule has 1 fully saturated rings. The molecule has 8 heteroatoms. The summed E-state index contributed by atoms with van der Waals surface area (Å²) < 4.78 is 5.47. The average molecular weight is 387 g/mol. The van der Waals surface area contributed by atoms with E-state index in [9.17, 15) is 9.59 Å². The largest absolute Gasteiger partial charge is 0.482 e. The quantitative estimate of drug-likeness (QED) is 0.432. The van der Waals surface area contributed by atoms with E-state index >= 15 is 0 Å². The molecule has 2 aliphatic rings. The van der Waals surface area contributed by atoms with Crippen molar-refractivity contribution in [3.8, 4) is 5.75 Å². The Hall–Kier alpha value is -2.77. The Morgan fingerprint density at radius 3 is 2.96 bits per heavy atom. The molecule has 1 atom stereocenters. The number of para-hydroxylation sites is 2. The SMILES string of the molecule is CCC(=O)N1CCC(NC(=NC)NCCCN2C(=O)COc3ccccc32)C1. The lowest BCUT2D eigenvalue weighted by Crippen LogP contribution is -2.46. The van der Waals surface area contributed by atoms with Crippen molar-refractivity contribution in [3.63, 3.8) is 0 Å². The number of nitrogens with one attached hydrogen (secondary N) is 2. The van der Waals surface area contributed by atoms with Crippen LogP contribution in [0, 0.1) is 0 Å². The van der Waals surface area contributed by atoms with E-state index in [1.165, 1.54) is 0 Å². The standard InChI is InChI=1S/C20H29N5O3/c1-3-18(26)24-12-9-15(13-24)23-20(21-2)22-10-6-11-25-16-7-4-5-8-17(16)28-14-19(25)27/h4-5,7-8,15H,3,6,9-14H2,1-2H3,(H2,21,22,23). The maximum Gasteiger partial charge on any atom is 0.265 e. The molecule has 1 aromatic carbocycles. The molecule has 8 nitrogen and oxygen atoms in total. The molecule has 2 N–H and O–H groups in total. The molecule has 1 aromatic rings. The van der Waals surface area contributed by atoms with Crippen LogP contribution < -0.4 is 20.3 Å². The maximum absolute atomic E-state index is 12.2. The summed E-state index contributed by atoms with van der Waals surface area (Å²) in [7, 11) is 1.74. The number of aliphatic imine (C=N–C) groups is 1. The van der Waals surface area contributed by atoms with Gasteiger partial charge in [0.1, 0.15) is 5.75 Å². The van der Waals surface area contributed by atoms with Gasteiger partial charge in [-0.25, -0.2) is 0 Å². The van der Waals surface area contributed by atoms with E-state index < -0.39 is 0 Å². The highest BCUT2D eigenvalue weighted by molar-refractivity contribution is 5.97. The number of rotatable bonds is 6. The number of nitrogens with zero attached hydrogens (tertiary/aromatic N) is 3. The van der Waals surface area contributed by atoms with Gasteiger partial charge in [-0.05, 0) is 25.0 Å². The van der Waals surface area contributed by atoms with Crippen molar-refractivity contribution in [2.24, 2.45) is 4.99 Å². The second-order valence-electron chi connectivity index (χ2n) is 6.98. The summed E-state index contributed by atoms with van der Waals surface area (Å²) in [5.41, 5.74) is 0.827. The molecule has 2 heterocycles. The first-order valence-corrected chi connectivity index (χ1v) is 9.89. The molecule has 1 unspecified atom stereocenters. The van der Waals surface area contributed by atoms with Crippen molar-refractivity contribution < 1.29 is 14.3 Å². The predicted molar refractivity (Wildman–Crippen MR) is 109 cm³/mol. The van der Waals surface area contributed by atoms with Gasteiger partial charge in [-0.3, -0.25) is 14.6 Å². The second-order valence-corrected chi connectivity index (χ2v) is 6.98. The molecule has 2 amide bonds. The third kappa shape index (κ3) is 4.74. The molecule has 0 spiro atoms. The van der Waals surface area contributed by atoms with Crippen LogP contribution in [-0.4, -0.2) is 68.5 Å². The van der Waals surface area contributed by atoms with Gasteiger partial charge in [0.25, 0.3) is 5.91 Å². The molecule has 2 aliphatic heterocycles. The van der Waals surface area contributed by atoms with Gasteiger partial charge < -0.3 is 25.2 Å². The molecule has 0 aliphatic carbocycles. The highest BCUT2D eigenvalue weighted by Gasteiger charge is 2.26. The van der Waals surface area contributed by atoms with E-state index in [0.29, 0.717) is 26.1 Å². The van der Waals surface area contributed by atoms with Crippen LogP contribution in [0.1, 0.15) is 26.2 Å². The molecule has 3 rings (SSSR count). The van der Waals surface area contributed by atoms with Crippen LogP contribution >= 0.6 is 0 Å². The van der Waals surface area contributed by atoms with Crippen molar-refractivity contribution in [2.45, 2.75) is 32.2 Å². The highest BCUT2D eigenvalue weighted by atomic mass is 16.5. The Balaban J connectivity index is 1.43. The normalized spacial score (nSPS) is 19.3. The summed E-state index contributed by atoms with van der Waals surface area (Å²) in [6.45, 7) is 4.79. The van der Waals surface area contributed by atoms with Gasteiger partial charge in [0.2, 0.25) is 5.91 Å². The van der Waals surface area contributed by atoms with E-state index in [1.54, 1.807) is 11.9 Å². The topological polar surface area (TPSA) is 86.3 Å². The minimum atomic E-state index is -0.0205. The average Bonchev–Trinajstić information content (AvgIpc) is 3.19. The summed E-state index contributed by atoms with van der Waals surface area (Å²) in [6, 6.07) is 7.82. The van der Waals surface area contributed by atoms with Crippen LogP contribution in [0.2, 0.25) is 0 Å².